The largest absolute Gasteiger partial charge is 0.339 e. The third kappa shape index (κ3) is 6.83. The third-order valence-electron chi connectivity index (χ3n) is 5.16. The van der Waals surface area contributed by atoms with Crippen LogP contribution in [0.3, 0.4) is 0 Å². The van der Waals surface area contributed by atoms with Crippen molar-refractivity contribution in [3.63, 3.8) is 0 Å². The third-order valence-corrected chi connectivity index (χ3v) is 5.41. The predicted octanol–water partition coefficient (Wildman–Crippen LogP) is 2.86. The van der Waals surface area contributed by atoms with Gasteiger partial charge in [-0.1, -0.05) is 41.4 Å². The van der Waals surface area contributed by atoms with Gasteiger partial charge in [0.05, 0.1) is 13.1 Å². The fraction of sp³-hybridized carbons (Fsp3) is 0.391. The molecule has 1 aliphatic rings. The molecule has 0 bridgehead atoms. The highest BCUT2D eigenvalue weighted by atomic mass is 35.5. The quantitative estimate of drug-likeness (QED) is 0.736. The van der Waals surface area contributed by atoms with Gasteiger partial charge in [-0.2, -0.15) is 0 Å². The summed E-state index contributed by atoms with van der Waals surface area (Å²) in [5.74, 6) is -0.0948. The van der Waals surface area contributed by atoms with E-state index < -0.39 is 0 Å². The summed E-state index contributed by atoms with van der Waals surface area (Å²) in [6.07, 6.45) is 0. The number of rotatable bonds is 7. The summed E-state index contributed by atoms with van der Waals surface area (Å²) < 4.78 is 0. The molecule has 1 N–H and O–H groups in total. The molecule has 0 radical (unpaired) electrons. The van der Waals surface area contributed by atoms with E-state index >= 15 is 0 Å². The molecule has 0 saturated carbocycles. The summed E-state index contributed by atoms with van der Waals surface area (Å²) in [5.41, 5.74) is 3.26. The minimum atomic E-state index is -0.157. The van der Waals surface area contributed by atoms with Crippen molar-refractivity contribution in [3.8, 4) is 0 Å². The Morgan fingerprint density at radius 2 is 1.73 bits per heavy atom. The van der Waals surface area contributed by atoms with E-state index in [4.69, 9.17) is 11.6 Å². The van der Waals surface area contributed by atoms with Crippen LogP contribution in [0.2, 0.25) is 5.02 Å². The van der Waals surface area contributed by atoms with Crippen LogP contribution in [0.15, 0.2) is 48.5 Å². The average Bonchev–Trinajstić information content (AvgIpc) is 2.70. The molecule has 6 nitrogen and oxygen atoms in total. The van der Waals surface area contributed by atoms with E-state index in [2.05, 4.69) is 41.4 Å². The van der Waals surface area contributed by atoms with Crippen LogP contribution in [0.5, 0.6) is 0 Å². The highest BCUT2D eigenvalue weighted by Crippen LogP contribution is 2.13. The number of likely N-dealkylation sites (N-methyl/N-ethyl adjacent to an activating group) is 1. The van der Waals surface area contributed by atoms with Gasteiger partial charge in [0.25, 0.3) is 0 Å². The predicted molar refractivity (Wildman–Crippen MR) is 121 cm³/mol. The number of nitrogens with zero attached hydrogens (tertiary/aromatic N) is 3. The fourth-order valence-corrected chi connectivity index (χ4v) is 3.72. The zero-order valence-corrected chi connectivity index (χ0v) is 18.4. The highest BCUT2D eigenvalue weighted by Gasteiger charge is 2.22. The van der Waals surface area contributed by atoms with Crippen LogP contribution in [-0.2, 0) is 16.1 Å². The summed E-state index contributed by atoms with van der Waals surface area (Å²) in [5, 5.41) is 3.43. The molecule has 3 rings (SSSR count). The van der Waals surface area contributed by atoms with Crippen LogP contribution < -0.4 is 5.32 Å². The Hall–Kier alpha value is -2.41. The molecule has 30 heavy (non-hydrogen) atoms. The zero-order valence-electron chi connectivity index (χ0n) is 17.6. The molecule has 1 heterocycles. The van der Waals surface area contributed by atoms with Crippen LogP contribution in [0.1, 0.15) is 11.1 Å². The second-order valence-electron chi connectivity index (χ2n) is 7.87. The summed E-state index contributed by atoms with van der Waals surface area (Å²) >= 11 is 5.85. The van der Waals surface area contributed by atoms with Crippen molar-refractivity contribution >= 4 is 29.1 Å². The van der Waals surface area contributed by atoms with Gasteiger partial charge in [-0.3, -0.25) is 19.4 Å². The van der Waals surface area contributed by atoms with Crippen LogP contribution in [-0.4, -0.2) is 72.8 Å². The molecular formula is C23H29ClN4O2. The maximum Gasteiger partial charge on any atom is 0.238 e. The van der Waals surface area contributed by atoms with Crippen LogP contribution >= 0.6 is 11.6 Å². The summed E-state index contributed by atoms with van der Waals surface area (Å²) in [7, 11) is 1.79. The van der Waals surface area contributed by atoms with Gasteiger partial charge in [-0.25, -0.2) is 0 Å². The number of carbonyl (C=O) groups is 2. The fourth-order valence-electron chi connectivity index (χ4n) is 3.59. The van der Waals surface area contributed by atoms with E-state index in [1.807, 2.05) is 4.90 Å². The second-order valence-corrected chi connectivity index (χ2v) is 8.31. The Morgan fingerprint density at radius 3 is 2.40 bits per heavy atom. The van der Waals surface area contributed by atoms with Crippen LogP contribution in [0, 0.1) is 6.92 Å². The Kier molecular flexibility index (Phi) is 7.85. The van der Waals surface area contributed by atoms with E-state index in [9.17, 15) is 9.59 Å². The molecule has 0 spiro atoms. The lowest BCUT2D eigenvalue weighted by Crippen LogP contribution is -2.51. The Balaban J connectivity index is 1.39. The van der Waals surface area contributed by atoms with Crippen molar-refractivity contribution < 1.29 is 9.59 Å². The van der Waals surface area contributed by atoms with E-state index in [0.717, 1.165) is 32.7 Å². The van der Waals surface area contributed by atoms with E-state index in [0.29, 0.717) is 10.7 Å². The molecular weight excluding hydrogens is 400 g/mol. The van der Waals surface area contributed by atoms with Gasteiger partial charge in [0.1, 0.15) is 0 Å². The highest BCUT2D eigenvalue weighted by molar-refractivity contribution is 6.30. The van der Waals surface area contributed by atoms with Crippen molar-refractivity contribution in [2.45, 2.75) is 13.5 Å². The Labute approximate surface area is 183 Å². The maximum atomic E-state index is 12.6. The van der Waals surface area contributed by atoms with E-state index in [1.54, 1.807) is 36.2 Å². The molecule has 160 valence electrons. The number of nitrogens with one attached hydrogen (secondary N) is 1. The normalized spacial score (nSPS) is 14.7. The van der Waals surface area contributed by atoms with Gasteiger partial charge >= 0.3 is 0 Å². The first-order chi connectivity index (χ1) is 14.4. The molecule has 0 atom stereocenters. The van der Waals surface area contributed by atoms with Gasteiger partial charge in [0.15, 0.2) is 0 Å². The maximum absolute atomic E-state index is 12.6. The van der Waals surface area contributed by atoms with Crippen LogP contribution in [0.4, 0.5) is 5.69 Å². The number of aryl methyl sites for hydroxylation is 1. The van der Waals surface area contributed by atoms with Gasteiger partial charge in [0, 0.05) is 43.4 Å². The van der Waals surface area contributed by atoms with Crippen LogP contribution in [0.25, 0.3) is 0 Å². The molecule has 0 aromatic heterocycles. The van der Waals surface area contributed by atoms with Gasteiger partial charge in [0.2, 0.25) is 11.8 Å². The van der Waals surface area contributed by atoms with E-state index in [-0.39, 0.29) is 24.9 Å². The second kappa shape index (κ2) is 10.6. The SMILES string of the molecule is Cc1cccc(CN2CCN(C(=O)CN(C)CC(=O)Nc3ccc(Cl)cc3)CC2)c1. The minimum Gasteiger partial charge on any atom is -0.339 e. The Bertz CT molecular complexity index is 864. The number of piperazine rings is 1. The number of halogens is 1. The molecule has 7 heteroatoms. The average molecular weight is 429 g/mol. The number of hydrogen-bond donors (Lipinski definition) is 1. The van der Waals surface area contributed by atoms with Crippen molar-refractivity contribution in [1.82, 2.24) is 14.7 Å². The van der Waals surface area contributed by atoms with Gasteiger partial charge < -0.3 is 10.2 Å². The monoisotopic (exact) mass is 428 g/mol. The number of benzene rings is 2. The number of carbonyl (C=O) groups excluding carboxylic acids is 2. The molecule has 0 unspecified atom stereocenters. The lowest BCUT2D eigenvalue weighted by molar-refractivity contribution is -0.134. The lowest BCUT2D eigenvalue weighted by Gasteiger charge is -2.35. The van der Waals surface area contributed by atoms with Crippen molar-refractivity contribution in [2.75, 3.05) is 51.6 Å². The summed E-state index contributed by atoms with van der Waals surface area (Å²) in [6, 6.07) is 15.5. The smallest absolute Gasteiger partial charge is 0.238 e. The molecule has 0 aliphatic carbocycles. The first-order valence-electron chi connectivity index (χ1n) is 10.2. The molecule has 2 aromatic carbocycles. The molecule has 2 amide bonds. The molecule has 1 saturated heterocycles. The summed E-state index contributed by atoms with van der Waals surface area (Å²) in [4.78, 5) is 30.8. The summed E-state index contributed by atoms with van der Waals surface area (Å²) in [6.45, 7) is 6.56. The lowest BCUT2D eigenvalue weighted by atomic mass is 10.1. The van der Waals surface area contributed by atoms with Crippen molar-refractivity contribution in [2.24, 2.45) is 0 Å². The standard InChI is InChI=1S/C23H29ClN4O2/c1-18-4-3-5-19(14-18)15-27-10-12-28(13-11-27)23(30)17-26(2)16-22(29)25-21-8-6-20(24)7-9-21/h3-9,14H,10-13,15-17H2,1-2H3,(H,25,29). The Morgan fingerprint density at radius 1 is 1.03 bits per heavy atom. The number of amides is 2. The molecule has 1 fully saturated rings. The first-order valence-corrected chi connectivity index (χ1v) is 10.6. The van der Waals surface area contributed by atoms with E-state index in [1.165, 1.54) is 11.1 Å². The first kappa shape index (κ1) is 22.3. The number of anilines is 1. The topological polar surface area (TPSA) is 55.9 Å². The molecule has 2 aromatic rings. The minimum absolute atomic E-state index is 0.0620. The number of hydrogen-bond acceptors (Lipinski definition) is 4. The zero-order chi connectivity index (χ0) is 21.5. The van der Waals surface area contributed by atoms with Gasteiger partial charge in [-0.05, 0) is 43.8 Å². The molecule has 1 aliphatic heterocycles. The van der Waals surface area contributed by atoms with Crippen molar-refractivity contribution in [1.29, 1.82) is 0 Å². The van der Waals surface area contributed by atoms with Crippen molar-refractivity contribution in [3.05, 3.63) is 64.7 Å². The van der Waals surface area contributed by atoms with Gasteiger partial charge in [-0.15, -0.1) is 0 Å².